The van der Waals surface area contributed by atoms with Crippen LogP contribution in [0, 0.1) is 5.92 Å². The van der Waals surface area contributed by atoms with Gasteiger partial charge in [-0.15, -0.1) is 11.3 Å². The van der Waals surface area contributed by atoms with Crippen molar-refractivity contribution in [2.75, 3.05) is 7.11 Å². The van der Waals surface area contributed by atoms with Crippen molar-refractivity contribution in [2.24, 2.45) is 5.92 Å². The minimum atomic E-state index is -0.133. The monoisotopic (exact) mass is 396 g/mol. The van der Waals surface area contributed by atoms with Gasteiger partial charge < -0.3 is 14.8 Å². The first-order chi connectivity index (χ1) is 13.6. The zero-order chi connectivity index (χ0) is 19.9. The van der Waals surface area contributed by atoms with Gasteiger partial charge >= 0.3 is 0 Å². The molecule has 2 heterocycles. The van der Waals surface area contributed by atoms with Crippen LogP contribution in [-0.2, 0) is 6.61 Å². The van der Waals surface area contributed by atoms with E-state index in [1.54, 1.807) is 49.0 Å². The van der Waals surface area contributed by atoms with E-state index in [2.05, 4.69) is 24.1 Å². The maximum Gasteiger partial charge on any atom is 0.251 e. The predicted octanol–water partition coefficient (Wildman–Crippen LogP) is 4.86. The average Bonchev–Trinajstić information content (AvgIpc) is 3.25. The Kier molecular flexibility index (Phi) is 6.66. The van der Waals surface area contributed by atoms with Crippen LogP contribution in [0.15, 0.2) is 60.2 Å². The second kappa shape index (κ2) is 9.37. The van der Waals surface area contributed by atoms with Crippen molar-refractivity contribution >= 4 is 17.2 Å². The lowest BCUT2D eigenvalue weighted by Crippen LogP contribution is -2.31. The van der Waals surface area contributed by atoms with Crippen LogP contribution in [0.5, 0.6) is 11.5 Å². The number of hydrogen-bond acceptors (Lipinski definition) is 5. The molecule has 0 bridgehead atoms. The summed E-state index contributed by atoms with van der Waals surface area (Å²) in [6.07, 6.45) is 3.45. The Bertz CT molecular complexity index is 895. The second-order valence-corrected chi connectivity index (χ2v) is 7.70. The molecule has 1 unspecified atom stereocenters. The van der Waals surface area contributed by atoms with Gasteiger partial charge in [0, 0.05) is 22.8 Å². The van der Waals surface area contributed by atoms with Crippen LogP contribution in [-0.4, -0.2) is 18.0 Å². The molecule has 1 atom stereocenters. The number of benzene rings is 1. The third-order valence-electron chi connectivity index (χ3n) is 4.37. The molecular weight excluding hydrogens is 372 g/mol. The van der Waals surface area contributed by atoms with E-state index >= 15 is 0 Å². The van der Waals surface area contributed by atoms with E-state index in [9.17, 15) is 4.79 Å². The van der Waals surface area contributed by atoms with Crippen LogP contribution in [0.3, 0.4) is 0 Å². The number of methoxy groups -OCH3 is 1. The highest BCUT2D eigenvalue weighted by atomic mass is 32.1. The maximum atomic E-state index is 12.8. The standard InChI is InChI=1S/C22H24N2O3S/c1-15(2)21(20-5-4-12-28-20)24-22(25)17-6-7-18(19(13-17)26-3)27-14-16-8-10-23-11-9-16/h4-13,15,21H,14H2,1-3H3,(H,24,25). The summed E-state index contributed by atoms with van der Waals surface area (Å²) in [5, 5.41) is 5.15. The van der Waals surface area contributed by atoms with Crippen molar-refractivity contribution in [3.05, 3.63) is 76.2 Å². The number of aromatic nitrogens is 1. The van der Waals surface area contributed by atoms with Crippen LogP contribution in [0.1, 0.15) is 40.7 Å². The number of carbonyl (C=O) groups is 1. The van der Waals surface area contributed by atoms with Gasteiger partial charge in [-0.3, -0.25) is 9.78 Å². The quantitative estimate of drug-likeness (QED) is 0.591. The van der Waals surface area contributed by atoms with Gasteiger partial charge in [0.15, 0.2) is 11.5 Å². The van der Waals surface area contributed by atoms with Gasteiger partial charge in [0.25, 0.3) is 5.91 Å². The molecule has 0 aliphatic rings. The summed E-state index contributed by atoms with van der Waals surface area (Å²) >= 11 is 1.65. The summed E-state index contributed by atoms with van der Waals surface area (Å²) in [4.78, 5) is 17.9. The molecule has 0 saturated carbocycles. The second-order valence-electron chi connectivity index (χ2n) is 6.72. The summed E-state index contributed by atoms with van der Waals surface area (Å²) in [6.45, 7) is 4.60. The van der Waals surface area contributed by atoms with Gasteiger partial charge in [-0.1, -0.05) is 19.9 Å². The molecule has 6 heteroatoms. The fraction of sp³-hybridized carbons (Fsp3) is 0.273. The van der Waals surface area contributed by atoms with E-state index < -0.39 is 0 Å². The summed E-state index contributed by atoms with van der Waals surface area (Å²) in [5.41, 5.74) is 1.55. The lowest BCUT2D eigenvalue weighted by molar-refractivity contribution is 0.0926. The predicted molar refractivity (Wildman–Crippen MR) is 111 cm³/mol. The molecule has 28 heavy (non-hydrogen) atoms. The Balaban J connectivity index is 1.72. The highest BCUT2D eigenvalue weighted by molar-refractivity contribution is 7.10. The van der Waals surface area contributed by atoms with Crippen molar-refractivity contribution in [3.63, 3.8) is 0 Å². The molecule has 0 aliphatic heterocycles. The Morgan fingerprint density at radius 2 is 1.93 bits per heavy atom. The largest absolute Gasteiger partial charge is 0.493 e. The molecule has 0 spiro atoms. The molecule has 5 nitrogen and oxygen atoms in total. The fourth-order valence-corrected chi connectivity index (χ4v) is 3.78. The lowest BCUT2D eigenvalue weighted by atomic mass is 10.0. The summed E-state index contributed by atoms with van der Waals surface area (Å²) in [7, 11) is 1.57. The molecule has 1 amide bonds. The molecule has 0 aliphatic carbocycles. The maximum absolute atomic E-state index is 12.8. The van der Waals surface area contributed by atoms with E-state index in [0.29, 0.717) is 23.7 Å². The Labute approximate surface area is 169 Å². The number of pyridine rings is 1. The van der Waals surface area contributed by atoms with Gasteiger partial charge in [-0.2, -0.15) is 0 Å². The van der Waals surface area contributed by atoms with Gasteiger partial charge in [0.05, 0.1) is 13.2 Å². The van der Waals surface area contributed by atoms with Crippen LogP contribution >= 0.6 is 11.3 Å². The first kappa shape index (κ1) is 19.9. The first-order valence-corrected chi connectivity index (χ1v) is 10.0. The molecule has 0 radical (unpaired) electrons. The van der Waals surface area contributed by atoms with Crippen molar-refractivity contribution in [2.45, 2.75) is 26.5 Å². The highest BCUT2D eigenvalue weighted by Gasteiger charge is 2.21. The van der Waals surface area contributed by atoms with E-state index in [0.717, 1.165) is 10.4 Å². The van der Waals surface area contributed by atoms with E-state index in [-0.39, 0.29) is 17.9 Å². The van der Waals surface area contributed by atoms with Crippen molar-refractivity contribution in [1.29, 1.82) is 0 Å². The van der Waals surface area contributed by atoms with Crippen LogP contribution < -0.4 is 14.8 Å². The molecule has 3 aromatic rings. The molecule has 1 aromatic carbocycles. The van der Waals surface area contributed by atoms with Crippen LogP contribution in [0.4, 0.5) is 0 Å². The molecule has 2 aromatic heterocycles. The minimum absolute atomic E-state index is 0.0267. The molecule has 146 valence electrons. The zero-order valence-corrected chi connectivity index (χ0v) is 17.0. The Morgan fingerprint density at radius 3 is 2.57 bits per heavy atom. The minimum Gasteiger partial charge on any atom is -0.493 e. The number of carbonyl (C=O) groups excluding carboxylic acids is 1. The normalized spacial score (nSPS) is 11.9. The third-order valence-corrected chi connectivity index (χ3v) is 5.33. The van der Waals surface area contributed by atoms with Crippen LogP contribution in [0.2, 0.25) is 0 Å². The molecular formula is C22H24N2O3S. The van der Waals surface area contributed by atoms with Crippen molar-refractivity contribution in [3.8, 4) is 11.5 Å². The van der Waals surface area contributed by atoms with Gasteiger partial charge in [0.2, 0.25) is 0 Å². The lowest BCUT2D eigenvalue weighted by Gasteiger charge is -2.21. The number of thiophene rings is 1. The average molecular weight is 397 g/mol. The SMILES string of the molecule is COc1cc(C(=O)NC(c2cccs2)C(C)C)ccc1OCc1ccncc1. The summed E-state index contributed by atoms with van der Waals surface area (Å²) in [5.74, 6) is 1.27. The smallest absolute Gasteiger partial charge is 0.251 e. The molecule has 0 saturated heterocycles. The molecule has 0 fully saturated rings. The van der Waals surface area contributed by atoms with Crippen molar-refractivity contribution in [1.82, 2.24) is 10.3 Å². The first-order valence-electron chi connectivity index (χ1n) is 9.12. The van der Waals surface area contributed by atoms with Crippen LogP contribution in [0.25, 0.3) is 0 Å². The van der Waals surface area contributed by atoms with Gasteiger partial charge in [-0.05, 0) is 53.3 Å². The highest BCUT2D eigenvalue weighted by Crippen LogP contribution is 2.30. The zero-order valence-electron chi connectivity index (χ0n) is 16.2. The number of hydrogen-bond donors (Lipinski definition) is 1. The number of amides is 1. The molecule has 3 rings (SSSR count). The number of nitrogens with one attached hydrogen (secondary N) is 1. The summed E-state index contributed by atoms with van der Waals surface area (Å²) < 4.78 is 11.3. The van der Waals surface area contributed by atoms with E-state index in [1.165, 1.54) is 0 Å². The van der Waals surface area contributed by atoms with E-state index in [1.807, 2.05) is 29.6 Å². The Hall–Kier alpha value is -2.86. The molecule has 1 N–H and O–H groups in total. The number of nitrogens with zero attached hydrogens (tertiary/aromatic N) is 1. The van der Waals surface area contributed by atoms with Crippen molar-refractivity contribution < 1.29 is 14.3 Å². The number of rotatable bonds is 8. The topological polar surface area (TPSA) is 60.5 Å². The fourth-order valence-electron chi connectivity index (χ4n) is 2.83. The van der Waals surface area contributed by atoms with E-state index in [4.69, 9.17) is 9.47 Å². The van der Waals surface area contributed by atoms with Gasteiger partial charge in [-0.25, -0.2) is 0 Å². The Morgan fingerprint density at radius 1 is 1.14 bits per heavy atom. The third kappa shape index (κ3) is 4.89. The van der Waals surface area contributed by atoms with Gasteiger partial charge in [0.1, 0.15) is 6.61 Å². The number of ether oxygens (including phenoxy) is 2. The summed E-state index contributed by atoms with van der Waals surface area (Å²) in [6, 6.07) is 13.0.